The molecular weight excluding hydrogens is 353 g/mol. The second kappa shape index (κ2) is 9.16. The highest BCUT2D eigenvalue weighted by atomic mass is 19.1. The average Bonchev–Trinajstić information content (AvgIpc) is 3.18. The van der Waals surface area contributed by atoms with Gasteiger partial charge in [0.25, 0.3) is 0 Å². The Balaban J connectivity index is 1.34. The van der Waals surface area contributed by atoms with Crippen LogP contribution in [0.3, 0.4) is 0 Å². The molecule has 6 heteroatoms. The molecule has 0 aliphatic carbocycles. The Bertz CT molecular complexity index is 736. The Morgan fingerprint density at radius 1 is 1.04 bits per heavy atom. The summed E-state index contributed by atoms with van der Waals surface area (Å²) in [7, 11) is 2.21. The maximum Gasteiger partial charge on any atom is 0.123 e. The minimum atomic E-state index is -0.215. The summed E-state index contributed by atoms with van der Waals surface area (Å²) < 4.78 is 15.0. The molecule has 2 aliphatic heterocycles. The predicted octanol–water partition coefficient (Wildman–Crippen LogP) is 3.00. The number of likely N-dealkylation sites (tertiary alicyclic amines) is 1. The number of aromatic nitrogens is 2. The number of piperazine rings is 1. The molecule has 2 aromatic rings. The van der Waals surface area contributed by atoms with Gasteiger partial charge >= 0.3 is 0 Å². The van der Waals surface area contributed by atoms with E-state index in [0.717, 1.165) is 12.2 Å². The number of hydrogen-bond acceptors (Lipinski definition) is 4. The number of benzene rings is 1. The first-order valence-electron chi connectivity index (χ1n) is 10.6. The summed E-state index contributed by atoms with van der Waals surface area (Å²) in [4.78, 5) is 7.69. The first-order valence-corrected chi connectivity index (χ1v) is 10.6. The van der Waals surface area contributed by atoms with Crippen LogP contribution in [0, 0.1) is 5.82 Å². The van der Waals surface area contributed by atoms with Crippen molar-refractivity contribution in [1.82, 2.24) is 24.5 Å². The van der Waals surface area contributed by atoms with Gasteiger partial charge < -0.3 is 9.80 Å². The molecule has 0 bridgehead atoms. The normalized spacial score (nSPS) is 22.6. The summed E-state index contributed by atoms with van der Waals surface area (Å²) in [6.07, 6.45) is 9.24. The second-order valence-corrected chi connectivity index (χ2v) is 8.32. The smallest absolute Gasteiger partial charge is 0.123 e. The molecule has 2 aliphatic rings. The lowest BCUT2D eigenvalue weighted by atomic mass is 9.98. The summed E-state index contributed by atoms with van der Waals surface area (Å²) in [5.41, 5.74) is 2.13. The van der Waals surface area contributed by atoms with Gasteiger partial charge in [-0.1, -0.05) is 6.42 Å². The second-order valence-electron chi connectivity index (χ2n) is 8.32. The highest BCUT2D eigenvalue weighted by molar-refractivity contribution is 5.31. The van der Waals surface area contributed by atoms with E-state index in [4.69, 9.17) is 0 Å². The zero-order valence-electron chi connectivity index (χ0n) is 16.9. The van der Waals surface area contributed by atoms with E-state index in [1.54, 1.807) is 12.1 Å². The Morgan fingerprint density at radius 2 is 1.82 bits per heavy atom. The standard InChI is InChI=1S/C22H32FN5/c1-25-12-14-26(15-13-25)11-9-21-4-2-3-10-27(21)17-19-16-24-28(18-19)22-7-5-20(23)6-8-22/h5-8,16,18,21H,2-4,9-15,17H2,1H3/t21-/m1/s1. The first kappa shape index (κ1) is 19.6. The van der Waals surface area contributed by atoms with E-state index in [-0.39, 0.29) is 5.82 Å². The molecule has 2 fully saturated rings. The summed E-state index contributed by atoms with van der Waals surface area (Å²) in [5, 5.41) is 4.49. The lowest BCUT2D eigenvalue weighted by Gasteiger charge is -2.38. The van der Waals surface area contributed by atoms with E-state index >= 15 is 0 Å². The molecule has 28 heavy (non-hydrogen) atoms. The Labute approximate surface area is 167 Å². The van der Waals surface area contributed by atoms with E-state index in [9.17, 15) is 4.39 Å². The SMILES string of the molecule is CN1CCN(CC[C@H]2CCCCN2Cc2cnn(-c3ccc(F)cc3)c2)CC1. The van der Waals surface area contributed by atoms with Crippen molar-refractivity contribution in [3.05, 3.63) is 48.0 Å². The third-order valence-corrected chi connectivity index (χ3v) is 6.24. The summed E-state index contributed by atoms with van der Waals surface area (Å²) in [5.74, 6) is -0.215. The number of halogens is 1. The average molecular weight is 386 g/mol. The van der Waals surface area contributed by atoms with Crippen LogP contribution in [0.15, 0.2) is 36.7 Å². The minimum Gasteiger partial charge on any atom is -0.304 e. The van der Waals surface area contributed by atoms with Crippen molar-refractivity contribution in [2.75, 3.05) is 46.3 Å². The largest absolute Gasteiger partial charge is 0.304 e. The molecule has 1 aromatic heterocycles. The number of nitrogens with zero attached hydrogens (tertiary/aromatic N) is 5. The van der Waals surface area contributed by atoms with Crippen molar-refractivity contribution in [1.29, 1.82) is 0 Å². The molecule has 0 spiro atoms. The van der Waals surface area contributed by atoms with E-state index in [2.05, 4.69) is 33.0 Å². The highest BCUT2D eigenvalue weighted by Gasteiger charge is 2.24. The fourth-order valence-corrected chi connectivity index (χ4v) is 4.41. The molecular formula is C22H32FN5. The van der Waals surface area contributed by atoms with E-state index in [1.807, 2.05) is 10.9 Å². The van der Waals surface area contributed by atoms with Crippen molar-refractivity contribution >= 4 is 0 Å². The zero-order chi connectivity index (χ0) is 19.3. The number of hydrogen-bond donors (Lipinski definition) is 0. The van der Waals surface area contributed by atoms with E-state index < -0.39 is 0 Å². The third kappa shape index (κ3) is 4.99. The van der Waals surface area contributed by atoms with Gasteiger partial charge in [0.15, 0.2) is 0 Å². The van der Waals surface area contributed by atoms with Crippen molar-refractivity contribution in [2.24, 2.45) is 0 Å². The molecule has 1 atom stereocenters. The molecule has 0 radical (unpaired) electrons. The predicted molar refractivity (Wildman–Crippen MR) is 110 cm³/mol. The molecule has 1 aromatic carbocycles. The van der Waals surface area contributed by atoms with Crippen LogP contribution in [0.2, 0.25) is 0 Å². The zero-order valence-corrected chi connectivity index (χ0v) is 16.9. The molecule has 4 rings (SSSR count). The molecule has 5 nitrogen and oxygen atoms in total. The Morgan fingerprint density at radius 3 is 2.61 bits per heavy atom. The highest BCUT2D eigenvalue weighted by Crippen LogP contribution is 2.23. The molecule has 0 saturated carbocycles. The van der Waals surface area contributed by atoms with Gasteiger partial charge in [-0.15, -0.1) is 0 Å². The van der Waals surface area contributed by atoms with Crippen LogP contribution in [-0.4, -0.2) is 76.8 Å². The van der Waals surface area contributed by atoms with Gasteiger partial charge in [-0.3, -0.25) is 4.90 Å². The lowest BCUT2D eigenvalue weighted by molar-refractivity contribution is 0.102. The van der Waals surface area contributed by atoms with Gasteiger partial charge in [-0.2, -0.15) is 5.10 Å². The van der Waals surface area contributed by atoms with Gasteiger partial charge in [0.2, 0.25) is 0 Å². The topological polar surface area (TPSA) is 27.5 Å². The number of rotatable bonds is 6. The summed E-state index contributed by atoms with van der Waals surface area (Å²) >= 11 is 0. The number of likely N-dealkylation sites (N-methyl/N-ethyl adjacent to an activating group) is 1. The minimum absolute atomic E-state index is 0.215. The molecule has 3 heterocycles. The van der Waals surface area contributed by atoms with Crippen LogP contribution in [0.25, 0.3) is 5.69 Å². The maximum atomic E-state index is 13.1. The molecule has 0 unspecified atom stereocenters. The van der Waals surface area contributed by atoms with E-state index in [1.165, 1.54) is 82.6 Å². The third-order valence-electron chi connectivity index (χ3n) is 6.24. The van der Waals surface area contributed by atoms with Crippen molar-refractivity contribution in [3.63, 3.8) is 0 Å². The fraction of sp³-hybridized carbons (Fsp3) is 0.591. The van der Waals surface area contributed by atoms with Gasteiger partial charge in [-0.25, -0.2) is 9.07 Å². The fourth-order valence-electron chi connectivity index (χ4n) is 4.41. The van der Waals surface area contributed by atoms with Crippen LogP contribution >= 0.6 is 0 Å². The van der Waals surface area contributed by atoms with Gasteiger partial charge in [0.1, 0.15) is 5.82 Å². The summed E-state index contributed by atoms with van der Waals surface area (Å²) in [6, 6.07) is 7.17. The number of piperidine rings is 1. The van der Waals surface area contributed by atoms with Crippen molar-refractivity contribution < 1.29 is 4.39 Å². The molecule has 0 N–H and O–H groups in total. The summed E-state index contributed by atoms with van der Waals surface area (Å²) in [6.45, 7) is 8.13. The van der Waals surface area contributed by atoms with Crippen molar-refractivity contribution in [3.8, 4) is 5.69 Å². The van der Waals surface area contributed by atoms with Crippen LogP contribution in [0.4, 0.5) is 4.39 Å². The van der Waals surface area contributed by atoms with Crippen LogP contribution in [0.5, 0.6) is 0 Å². The van der Waals surface area contributed by atoms with Gasteiger partial charge in [-0.05, 0) is 63.7 Å². The molecule has 152 valence electrons. The van der Waals surface area contributed by atoms with Crippen LogP contribution in [0.1, 0.15) is 31.2 Å². The van der Waals surface area contributed by atoms with Gasteiger partial charge in [0.05, 0.1) is 11.9 Å². The maximum absolute atomic E-state index is 13.1. The molecule has 0 amide bonds. The van der Waals surface area contributed by atoms with E-state index in [0.29, 0.717) is 6.04 Å². The lowest BCUT2D eigenvalue weighted by Crippen LogP contribution is -2.47. The quantitative estimate of drug-likeness (QED) is 0.764. The Kier molecular flexibility index (Phi) is 6.40. The van der Waals surface area contributed by atoms with Gasteiger partial charge in [0, 0.05) is 50.5 Å². The molecule has 2 saturated heterocycles. The van der Waals surface area contributed by atoms with Crippen LogP contribution < -0.4 is 0 Å². The van der Waals surface area contributed by atoms with Crippen molar-refractivity contribution in [2.45, 2.75) is 38.3 Å². The first-order chi connectivity index (χ1) is 13.7. The van der Waals surface area contributed by atoms with Crippen LogP contribution in [-0.2, 0) is 6.54 Å². The Hall–Kier alpha value is -1.76. The monoisotopic (exact) mass is 385 g/mol.